The first-order valence-electron chi connectivity index (χ1n) is 6.38. The van der Waals surface area contributed by atoms with Crippen LogP contribution in [0.5, 0.6) is 0 Å². The number of aliphatic hydroxyl groups excluding tert-OH is 1. The molecule has 0 radical (unpaired) electrons. The third-order valence-electron chi connectivity index (χ3n) is 3.02. The number of aliphatic hydroxyl groups is 1. The lowest BCUT2D eigenvalue weighted by Gasteiger charge is -2.06. The summed E-state index contributed by atoms with van der Waals surface area (Å²) < 4.78 is 5.17. The van der Waals surface area contributed by atoms with Crippen molar-refractivity contribution in [3.63, 3.8) is 0 Å². The van der Waals surface area contributed by atoms with Crippen LogP contribution in [0.25, 0.3) is 0 Å². The average Bonchev–Trinajstić information content (AvgIpc) is 3.19. The molecule has 0 amide bonds. The summed E-state index contributed by atoms with van der Waals surface area (Å²) in [5, 5.41) is 11.8. The number of benzene rings is 1. The summed E-state index contributed by atoms with van der Waals surface area (Å²) >= 11 is 0. The van der Waals surface area contributed by atoms with Gasteiger partial charge in [-0.2, -0.15) is 0 Å². The van der Waals surface area contributed by atoms with Crippen LogP contribution < -0.4 is 5.32 Å². The van der Waals surface area contributed by atoms with Crippen LogP contribution in [-0.2, 0) is 11.3 Å². The second kappa shape index (κ2) is 6.74. The summed E-state index contributed by atoms with van der Waals surface area (Å²) in [5.74, 6) is 0.837. The molecule has 0 aliphatic heterocycles. The second-order valence-corrected chi connectivity index (χ2v) is 4.53. The molecule has 0 saturated heterocycles. The van der Waals surface area contributed by atoms with Gasteiger partial charge >= 0.3 is 0 Å². The number of hydrogen-bond acceptors (Lipinski definition) is 3. The Kier molecular flexibility index (Phi) is 4.98. The van der Waals surface area contributed by atoms with Crippen LogP contribution in [0.15, 0.2) is 24.3 Å². The van der Waals surface area contributed by atoms with Crippen molar-refractivity contribution in [2.45, 2.75) is 25.3 Å². The molecule has 0 heterocycles. The molecule has 1 aliphatic rings. The topological polar surface area (TPSA) is 41.5 Å². The van der Waals surface area contributed by atoms with Crippen molar-refractivity contribution in [2.24, 2.45) is 0 Å². The lowest BCUT2D eigenvalue weighted by molar-refractivity contribution is 0.0938. The molecular weight excluding hydrogens is 214 g/mol. The highest BCUT2D eigenvalue weighted by Crippen LogP contribution is 2.39. The van der Waals surface area contributed by atoms with Crippen molar-refractivity contribution < 1.29 is 9.84 Å². The minimum Gasteiger partial charge on any atom is -0.394 e. The molecule has 1 aromatic carbocycles. The van der Waals surface area contributed by atoms with Gasteiger partial charge in [-0.15, -0.1) is 0 Å². The van der Waals surface area contributed by atoms with E-state index in [4.69, 9.17) is 9.84 Å². The molecule has 1 fully saturated rings. The fraction of sp³-hybridized carbons (Fsp3) is 0.571. The first kappa shape index (κ1) is 12.6. The monoisotopic (exact) mass is 235 g/mol. The normalized spacial score (nSPS) is 15.1. The van der Waals surface area contributed by atoms with E-state index in [9.17, 15) is 0 Å². The molecule has 1 saturated carbocycles. The molecule has 0 spiro atoms. The third-order valence-corrected chi connectivity index (χ3v) is 3.02. The van der Waals surface area contributed by atoms with Crippen LogP contribution in [0.4, 0.5) is 0 Å². The van der Waals surface area contributed by atoms with Gasteiger partial charge in [-0.05, 0) is 29.9 Å². The molecule has 0 atom stereocenters. The molecule has 2 N–H and O–H groups in total. The van der Waals surface area contributed by atoms with Gasteiger partial charge in [-0.3, -0.25) is 0 Å². The Labute approximate surface area is 103 Å². The molecule has 2 rings (SSSR count). The van der Waals surface area contributed by atoms with Crippen LogP contribution in [0.2, 0.25) is 0 Å². The Hall–Kier alpha value is -0.900. The van der Waals surface area contributed by atoms with Gasteiger partial charge in [-0.25, -0.2) is 0 Å². The van der Waals surface area contributed by atoms with Crippen LogP contribution >= 0.6 is 0 Å². The Morgan fingerprint density at radius 2 is 1.94 bits per heavy atom. The van der Waals surface area contributed by atoms with Crippen molar-refractivity contribution in [1.82, 2.24) is 5.32 Å². The molecule has 1 aliphatic carbocycles. The van der Waals surface area contributed by atoms with Crippen molar-refractivity contribution >= 4 is 0 Å². The lowest BCUT2D eigenvalue weighted by Crippen LogP contribution is -2.19. The summed E-state index contributed by atoms with van der Waals surface area (Å²) in [5.41, 5.74) is 2.80. The van der Waals surface area contributed by atoms with E-state index in [-0.39, 0.29) is 6.61 Å². The fourth-order valence-corrected chi connectivity index (χ4v) is 1.87. The highest BCUT2D eigenvalue weighted by Gasteiger charge is 2.22. The Bertz CT molecular complexity index is 319. The zero-order valence-corrected chi connectivity index (χ0v) is 10.2. The highest BCUT2D eigenvalue weighted by atomic mass is 16.5. The smallest absolute Gasteiger partial charge is 0.0698 e. The number of ether oxygens (including phenoxy) is 1. The molecule has 0 unspecified atom stereocenters. The molecule has 1 aromatic rings. The van der Waals surface area contributed by atoms with Gasteiger partial charge < -0.3 is 15.2 Å². The van der Waals surface area contributed by atoms with Crippen molar-refractivity contribution in [3.05, 3.63) is 35.4 Å². The summed E-state index contributed by atoms with van der Waals surface area (Å²) in [4.78, 5) is 0. The van der Waals surface area contributed by atoms with Crippen molar-refractivity contribution in [2.75, 3.05) is 26.4 Å². The average molecular weight is 235 g/mol. The first-order chi connectivity index (χ1) is 8.40. The van der Waals surface area contributed by atoms with E-state index in [1.165, 1.54) is 24.0 Å². The standard InChI is InChI=1S/C14H21NO2/c16-8-10-17-9-7-15-11-12-1-3-13(4-2-12)14-5-6-14/h1-4,14-16H,5-11H2. The van der Waals surface area contributed by atoms with Crippen LogP contribution in [0.3, 0.4) is 0 Å². The minimum atomic E-state index is 0.0998. The molecule has 3 nitrogen and oxygen atoms in total. The summed E-state index contributed by atoms with van der Waals surface area (Å²) in [7, 11) is 0. The van der Waals surface area contributed by atoms with Gasteiger partial charge in [0.15, 0.2) is 0 Å². The largest absolute Gasteiger partial charge is 0.394 e. The Morgan fingerprint density at radius 3 is 2.59 bits per heavy atom. The van der Waals surface area contributed by atoms with Gasteiger partial charge in [0.05, 0.1) is 19.8 Å². The predicted molar refractivity (Wildman–Crippen MR) is 68.0 cm³/mol. The Morgan fingerprint density at radius 1 is 1.18 bits per heavy atom. The zero-order valence-electron chi connectivity index (χ0n) is 10.2. The third kappa shape index (κ3) is 4.46. The van der Waals surface area contributed by atoms with E-state index in [1.54, 1.807) is 0 Å². The molecule has 3 heteroatoms. The second-order valence-electron chi connectivity index (χ2n) is 4.53. The molecule has 0 aromatic heterocycles. The molecular formula is C14H21NO2. The maximum Gasteiger partial charge on any atom is 0.0698 e. The first-order valence-corrected chi connectivity index (χ1v) is 6.38. The molecule has 17 heavy (non-hydrogen) atoms. The predicted octanol–water partition coefficient (Wildman–Crippen LogP) is 1.66. The summed E-state index contributed by atoms with van der Waals surface area (Å²) in [6, 6.07) is 8.90. The van der Waals surface area contributed by atoms with Crippen LogP contribution in [0.1, 0.15) is 29.9 Å². The van der Waals surface area contributed by atoms with Crippen molar-refractivity contribution in [1.29, 1.82) is 0 Å². The number of nitrogens with one attached hydrogen (secondary N) is 1. The van der Waals surface area contributed by atoms with E-state index in [1.807, 2.05) is 0 Å². The van der Waals surface area contributed by atoms with Gasteiger partial charge in [0, 0.05) is 13.1 Å². The van der Waals surface area contributed by atoms with E-state index >= 15 is 0 Å². The van der Waals surface area contributed by atoms with E-state index < -0.39 is 0 Å². The van der Waals surface area contributed by atoms with Gasteiger partial charge in [0.25, 0.3) is 0 Å². The highest BCUT2D eigenvalue weighted by molar-refractivity contribution is 5.27. The molecule has 94 valence electrons. The quantitative estimate of drug-likeness (QED) is 0.673. The maximum absolute atomic E-state index is 8.53. The SMILES string of the molecule is OCCOCCNCc1ccc(C2CC2)cc1. The lowest BCUT2D eigenvalue weighted by atomic mass is 10.1. The van der Waals surface area contributed by atoms with E-state index in [2.05, 4.69) is 29.6 Å². The van der Waals surface area contributed by atoms with Gasteiger partial charge in [0.2, 0.25) is 0 Å². The fourth-order valence-electron chi connectivity index (χ4n) is 1.87. The van der Waals surface area contributed by atoms with Gasteiger partial charge in [-0.1, -0.05) is 24.3 Å². The van der Waals surface area contributed by atoms with Gasteiger partial charge in [0.1, 0.15) is 0 Å². The molecule has 0 bridgehead atoms. The Balaban J connectivity index is 1.61. The number of hydrogen-bond donors (Lipinski definition) is 2. The van der Waals surface area contributed by atoms with E-state index in [0.29, 0.717) is 13.2 Å². The zero-order chi connectivity index (χ0) is 11.9. The van der Waals surface area contributed by atoms with Crippen molar-refractivity contribution in [3.8, 4) is 0 Å². The minimum absolute atomic E-state index is 0.0998. The maximum atomic E-state index is 8.53. The van der Waals surface area contributed by atoms with Crippen LogP contribution in [-0.4, -0.2) is 31.5 Å². The summed E-state index contributed by atoms with van der Waals surface area (Å²) in [6.07, 6.45) is 2.72. The van der Waals surface area contributed by atoms with Crippen LogP contribution in [0, 0.1) is 0 Å². The van der Waals surface area contributed by atoms with E-state index in [0.717, 1.165) is 19.0 Å². The number of rotatable bonds is 8. The summed E-state index contributed by atoms with van der Waals surface area (Å²) in [6.45, 7) is 2.89.